The predicted octanol–water partition coefficient (Wildman–Crippen LogP) is 2.15. The predicted molar refractivity (Wildman–Crippen MR) is 76.3 cm³/mol. The molecule has 0 spiro atoms. The normalized spacial score (nSPS) is 10.5. The fourth-order valence-corrected chi connectivity index (χ4v) is 1.93. The highest BCUT2D eigenvalue weighted by atomic mass is 16.4. The number of amides is 1. The molecule has 0 unspecified atom stereocenters. The number of carbonyl (C=O) groups excluding carboxylic acids is 1. The summed E-state index contributed by atoms with van der Waals surface area (Å²) in [5.74, 6) is -1.24. The molecule has 6 nitrogen and oxygen atoms in total. The van der Waals surface area contributed by atoms with Crippen molar-refractivity contribution in [3.05, 3.63) is 64.6 Å². The smallest absolute Gasteiger partial charge is 0.353 e. The number of nitrogens with zero attached hydrogens (tertiary/aromatic N) is 1. The minimum absolute atomic E-state index is 0.0651. The summed E-state index contributed by atoms with van der Waals surface area (Å²) in [6, 6.07) is 11.6. The molecule has 104 valence electrons. The second-order valence-corrected chi connectivity index (χ2v) is 4.28. The van der Waals surface area contributed by atoms with Crippen molar-refractivity contribution < 1.29 is 14.3 Å². The van der Waals surface area contributed by atoms with Gasteiger partial charge in [0.2, 0.25) is 0 Å². The van der Waals surface area contributed by atoms with Crippen molar-refractivity contribution in [2.75, 3.05) is 5.32 Å². The Balaban J connectivity index is 2.08. The maximum absolute atomic E-state index is 12.1. The van der Waals surface area contributed by atoms with E-state index in [4.69, 9.17) is 4.42 Å². The highest BCUT2D eigenvalue weighted by molar-refractivity contribution is 6.08. The first kappa shape index (κ1) is 12.9. The van der Waals surface area contributed by atoms with Crippen LogP contribution in [0.1, 0.15) is 10.4 Å². The molecule has 3 rings (SSSR count). The Labute approximate surface area is 118 Å². The van der Waals surface area contributed by atoms with E-state index in [1.165, 1.54) is 12.3 Å². The summed E-state index contributed by atoms with van der Waals surface area (Å²) < 4.78 is 4.99. The first-order chi connectivity index (χ1) is 10.2. The second kappa shape index (κ2) is 5.09. The number of carbonyl (C=O) groups is 1. The van der Waals surface area contributed by atoms with Crippen LogP contribution in [-0.4, -0.2) is 16.0 Å². The number of benzene rings is 1. The van der Waals surface area contributed by atoms with Crippen LogP contribution in [0.5, 0.6) is 5.75 Å². The number of pyridine rings is 1. The first-order valence-corrected chi connectivity index (χ1v) is 6.14. The number of rotatable bonds is 2. The molecular formula is C15H10N2O4. The third kappa shape index (κ3) is 2.34. The molecule has 0 aliphatic carbocycles. The molecule has 0 aliphatic rings. The lowest BCUT2D eigenvalue weighted by molar-refractivity contribution is 0.102. The van der Waals surface area contributed by atoms with E-state index in [2.05, 4.69) is 10.3 Å². The monoisotopic (exact) mass is 282 g/mol. The van der Waals surface area contributed by atoms with Crippen LogP contribution in [0.2, 0.25) is 0 Å². The lowest BCUT2D eigenvalue weighted by Crippen LogP contribution is -2.21. The highest BCUT2D eigenvalue weighted by Gasteiger charge is 2.21. The highest BCUT2D eigenvalue weighted by Crippen LogP contribution is 2.24. The van der Waals surface area contributed by atoms with Crippen LogP contribution in [-0.2, 0) is 0 Å². The van der Waals surface area contributed by atoms with Crippen LogP contribution in [0.25, 0.3) is 11.1 Å². The van der Waals surface area contributed by atoms with E-state index in [1.54, 1.807) is 36.4 Å². The minimum atomic E-state index is -0.915. The Kier molecular flexibility index (Phi) is 3.12. The summed E-state index contributed by atoms with van der Waals surface area (Å²) in [5.41, 5.74) is -0.694. The van der Waals surface area contributed by atoms with Crippen LogP contribution in [0.4, 0.5) is 5.69 Å². The summed E-state index contributed by atoms with van der Waals surface area (Å²) in [7, 11) is 0. The largest absolute Gasteiger partial charge is 0.505 e. The fourth-order valence-electron chi connectivity index (χ4n) is 1.93. The molecule has 3 aromatic rings. The van der Waals surface area contributed by atoms with Crippen LogP contribution >= 0.6 is 0 Å². The molecule has 0 atom stereocenters. The molecule has 1 amide bonds. The summed E-state index contributed by atoms with van der Waals surface area (Å²) >= 11 is 0. The summed E-state index contributed by atoms with van der Waals surface area (Å²) in [4.78, 5) is 27.9. The van der Waals surface area contributed by atoms with Gasteiger partial charge in [0, 0.05) is 11.9 Å². The SMILES string of the molecule is O=C(Nc1ccccc1)c1c(O)c2ncccc2oc1=O. The van der Waals surface area contributed by atoms with Gasteiger partial charge in [-0.1, -0.05) is 18.2 Å². The number of aromatic nitrogens is 1. The van der Waals surface area contributed by atoms with Crippen LogP contribution in [0.3, 0.4) is 0 Å². The number of nitrogens with one attached hydrogen (secondary N) is 1. The van der Waals surface area contributed by atoms with E-state index in [-0.39, 0.29) is 11.1 Å². The average Bonchev–Trinajstić information content (AvgIpc) is 2.48. The molecule has 0 bridgehead atoms. The lowest BCUT2D eigenvalue weighted by Gasteiger charge is -2.06. The van der Waals surface area contributed by atoms with Gasteiger partial charge in [0.1, 0.15) is 5.52 Å². The fraction of sp³-hybridized carbons (Fsp3) is 0. The van der Waals surface area contributed by atoms with Crippen molar-refractivity contribution in [2.45, 2.75) is 0 Å². The Morgan fingerprint density at radius 2 is 1.90 bits per heavy atom. The number of fused-ring (bicyclic) bond motifs is 1. The van der Waals surface area contributed by atoms with Gasteiger partial charge >= 0.3 is 5.63 Å². The molecule has 1 aromatic carbocycles. The zero-order valence-corrected chi connectivity index (χ0v) is 10.7. The standard InChI is InChI=1S/C15H10N2O4/c18-13-11(14(19)17-9-5-2-1-3-6-9)15(20)21-10-7-4-8-16-12(10)13/h1-8,18H,(H,17,19). The van der Waals surface area contributed by atoms with E-state index >= 15 is 0 Å². The van der Waals surface area contributed by atoms with Gasteiger partial charge in [0.25, 0.3) is 5.91 Å². The van der Waals surface area contributed by atoms with Crippen molar-refractivity contribution in [2.24, 2.45) is 0 Å². The minimum Gasteiger partial charge on any atom is -0.505 e. The number of hydrogen-bond acceptors (Lipinski definition) is 5. The van der Waals surface area contributed by atoms with Gasteiger partial charge in [-0.3, -0.25) is 4.79 Å². The van der Waals surface area contributed by atoms with Crippen LogP contribution < -0.4 is 10.9 Å². The number of hydrogen-bond donors (Lipinski definition) is 2. The molecule has 2 aromatic heterocycles. The molecular weight excluding hydrogens is 272 g/mol. The molecule has 0 fully saturated rings. The molecule has 21 heavy (non-hydrogen) atoms. The Hall–Kier alpha value is -3.15. The first-order valence-electron chi connectivity index (χ1n) is 6.14. The quantitative estimate of drug-likeness (QED) is 0.751. The molecule has 0 radical (unpaired) electrons. The van der Waals surface area contributed by atoms with Crippen molar-refractivity contribution >= 4 is 22.7 Å². The number of anilines is 1. The topological polar surface area (TPSA) is 92.4 Å². The van der Waals surface area contributed by atoms with Crippen molar-refractivity contribution in [3.8, 4) is 5.75 Å². The van der Waals surface area contributed by atoms with Crippen LogP contribution in [0.15, 0.2) is 57.9 Å². The molecule has 0 aliphatic heterocycles. The summed E-state index contributed by atoms with van der Waals surface area (Å²) in [6.45, 7) is 0. The van der Waals surface area contributed by atoms with Gasteiger partial charge < -0.3 is 14.8 Å². The van der Waals surface area contributed by atoms with E-state index in [9.17, 15) is 14.7 Å². The van der Waals surface area contributed by atoms with Gasteiger partial charge in [-0.15, -0.1) is 0 Å². The third-order valence-electron chi connectivity index (χ3n) is 2.90. The van der Waals surface area contributed by atoms with Crippen LogP contribution in [0, 0.1) is 0 Å². The number of aromatic hydroxyl groups is 1. The summed E-state index contributed by atoms with van der Waals surface area (Å²) in [6.07, 6.45) is 1.43. The van der Waals surface area contributed by atoms with E-state index < -0.39 is 22.8 Å². The van der Waals surface area contributed by atoms with Gasteiger partial charge in [0.15, 0.2) is 16.9 Å². The van der Waals surface area contributed by atoms with E-state index in [0.29, 0.717) is 5.69 Å². The van der Waals surface area contributed by atoms with Gasteiger partial charge in [-0.05, 0) is 24.3 Å². The molecule has 0 saturated heterocycles. The third-order valence-corrected chi connectivity index (χ3v) is 2.90. The maximum atomic E-state index is 12.1. The Morgan fingerprint density at radius 1 is 1.14 bits per heavy atom. The maximum Gasteiger partial charge on any atom is 0.353 e. The van der Waals surface area contributed by atoms with E-state index in [1.807, 2.05) is 0 Å². The van der Waals surface area contributed by atoms with Crippen molar-refractivity contribution in [3.63, 3.8) is 0 Å². The van der Waals surface area contributed by atoms with Crippen molar-refractivity contribution in [1.82, 2.24) is 4.98 Å². The van der Waals surface area contributed by atoms with Crippen molar-refractivity contribution in [1.29, 1.82) is 0 Å². The average molecular weight is 282 g/mol. The number of para-hydroxylation sites is 1. The van der Waals surface area contributed by atoms with Gasteiger partial charge in [0.05, 0.1) is 0 Å². The molecule has 2 heterocycles. The zero-order chi connectivity index (χ0) is 14.8. The Morgan fingerprint density at radius 3 is 2.67 bits per heavy atom. The van der Waals surface area contributed by atoms with Gasteiger partial charge in [-0.25, -0.2) is 9.78 Å². The lowest BCUT2D eigenvalue weighted by atomic mass is 10.2. The molecule has 0 saturated carbocycles. The van der Waals surface area contributed by atoms with Gasteiger partial charge in [-0.2, -0.15) is 0 Å². The second-order valence-electron chi connectivity index (χ2n) is 4.28. The van der Waals surface area contributed by atoms with E-state index in [0.717, 1.165) is 0 Å². The zero-order valence-electron chi connectivity index (χ0n) is 10.7. The summed E-state index contributed by atoms with van der Waals surface area (Å²) in [5, 5.41) is 12.6. The molecule has 2 N–H and O–H groups in total. The molecule has 6 heteroatoms. The Bertz CT molecular complexity index is 872.